The molecule has 1 saturated heterocycles. The number of hydrogen-bond donors (Lipinski definition) is 3. The van der Waals surface area contributed by atoms with Crippen LogP contribution in [0.25, 0.3) is 0 Å². The van der Waals surface area contributed by atoms with Gasteiger partial charge >= 0.3 is 0 Å². The van der Waals surface area contributed by atoms with Gasteiger partial charge in [-0.15, -0.1) is 0 Å². The highest BCUT2D eigenvalue weighted by Gasteiger charge is 2.17. The van der Waals surface area contributed by atoms with E-state index in [4.69, 9.17) is 22.1 Å². The third-order valence-electron chi connectivity index (χ3n) is 3.56. The van der Waals surface area contributed by atoms with Crippen molar-refractivity contribution >= 4 is 23.2 Å². The first-order chi connectivity index (χ1) is 9.61. The third kappa shape index (κ3) is 3.55. The summed E-state index contributed by atoms with van der Waals surface area (Å²) in [6.07, 6.45) is 2.15. The van der Waals surface area contributed by atoms with Crippen LogP contribution in [-0.2, 0) is 0 Å². The molecule has 1 unspecified atom stereocenters. The molecule has 0 bridgehead atoms. The van der Waals surface area contributed by atoms with Gasteiger partial charge in [-0.05, 0) is 37.9 Å². The van der Waals surface area contributed by atoms with Crippen LogP contribution >= 0.6 is 11.6 Å². The van der Waals surface area contributed by atoms with Gasteiger partial charge in [0.1, 0.15) is 5.75 Å². The van der Waals surface area contributed by atoms with Gasteiger partial charge in [0.2, 0.25) is 0 Å². The molecular weight excluding hydrogens is 278 g/mol. The predicted octanol–water partition coefficient (Wildman–Crippen LogP) is 1.66. The van der Waals surface area contributed by atoms with Crippen LogP contribution in [0.1, 0.15) is 23.2 Å². The smallest absolute Gasteiger partial charge is 0.255 e. The van der Waals surface area contributed by atoms with Gasteiger partial charge in [0, 0.05) is 12.6 Å². The number of halogens is 1. The highest BCUT2D eigenvalue weighted by atomic mass is 35.5. The second kappa shape index (κ2) is 6.81. The average Bonchev–Trinajstić information content (AvgIpc) is 2.94. The minimum absolute atomic E-state index is 0.185. The molecule has 0 aliphatic carbocycles. The lowest BCUT2D eigenvalue weighted by molar-refractivity contribution is 0.0948. The number of benzene rings is 1. The van der Waals surface area contributed by atoms with E-state index >= 15 is 0 Å². The molecule has 1 fully saturated rings. The van der Waals surface area contributed by atoms with Crippen molar-refractivity contribution in [2.75, 3.05) is 32.5 Å². The monoisotopic (exact) mass is 297 g/mol. The normalized spacial score (nSPS) is 18.0. The lowest BCUT2D eigenvalue weighted by Gasteiger charge is -2.12. The molecule has 1 aromatic carbocycles. The van der Waals surface area contributed by atoms with Crippen LogP contribution in [0.4, 0.5) is 5.69 Å². The Morgan fingerprint density at radius 2 is 2.40 bits per heavy atom. The zero-order valence-electron chi connectivity index (χ0n) is 11.5. The van der Waals surface area contributed by atoms with E-state index in [2.05, 4.69) is 10.6 Å². The van der Waals surface area contributed by atoms with E-state index in [1.54, 1.807) is 12.1 Å². The van der Waals surface area contributed by atoms with E-state index in [9.17, 15) is 4.79 Å². The summed E-state index contributed by atoms with van der Waals surface area (Å²) >= 11 is 5.96. The Kier molecular flexibility index (Phi) is 5.09. The number of amides is 1. The molecule has 1 aromatic rings. The number of carbonyl (C=O) groups is 1. The van der Waals surface area contributed by atoms with Gasteiger partial charge in [-0.1, -0.05) is 11.6 Å². The molecule has 1 atom stereocenters. The van der Waals surface area contributed by atoms with Crippen molar-refractivity contribution in [3.63, 3.8) is 0 Å². The Balaban J connectivity index is 1.95. The first-order valence-corrected chi connectivity index (χ1v) is 7.11. The molecule has 4 N–H and O–H groups in total. The number of rotatable bonds is 5. The maximum atomic E-state index is 12.2. The number of ether oxygens (including phenoxy) is 1. The van der Waals surface area contributed by atoms with Crippen molar-refractivity contribution in [1.29, 1.82) is 0 Å². The van der Waals surface area contributed by atoms with Gasteiger partial charge in [-0.2, -0.15) is 0 Å². The topological polar surface area (TPSA) is 76.4 Å². The van der Waals surface area contributed by atoms with E-state index in [0.29, 0.717) is 34.5 Å². The first-order valence-electron chi connectivity index (χ1n) is 6.73. The Morgan fingerprint density at radius 1 is 1.60 bits per heavy atom. The van der Waals surface area contributed by atoms with Crippen molar-refractivity contribution in [3.8, 4) is 5.75 Å². The van der Waals surface area contributed by atoms with Gasteiger partial charge in [-0.3, -0.25) is 4.79 Å². The van der Waals surface area contributed by atoms with Crippen LogP contribution in [0.15, 0.2) is 12.1 Å². The van der Waals surface area contributed by atoms with Gasteiger partial charge in [0.15, 0.2) is 0 Å². The summed E-state index contributed by atoms with van der Waals surface area (Å²) in [4.78, 5) is 12.2. The second-order valence-corrected chi connectivity index (χ2v) is 5.38. The van der Waals surface area contributed by atoms with Crippen LogP contribution < -0.4 is 21.1 Å². The molecule has 6 heteroatoms. The minimum Gasteiger partial charge on any atom is -0.496 e. The zero-order valence-corrected chi connectivity index (χ0v) is 12.3. The molecule has 1 aliphatic heterocycles. The number of methoxy groups -OCH3 is 1. The van der Waals surface area contributed by atoms with Crippen molar-refractivity contribution in [3.05, 3.63) is 22.7 Å². The molecule has 0 saturated carbocycles. The number of hydrogen-bond acceptors (Lipinski definition) is 4. The maximum absolute atomic E-state index is 12.2. The fraction of sp³-hybridized carbons (Fsp3) is 0.500. The summed E-state index contributed by atoms with van der Waals surface area (Å²) in [6, 6.07) is 3.11. The van der Waals surface area contributed by atoms with E-state index in [-0.39, 0.29) is 5.91 Å². The number of anilines is 1. The Bertz CT molecular complexity index is 488. The molecule has 0 aromatic heterocycles. The Labute approximate surface area is 123 Å². The molecule has 2 rings (SSSR count). The lowest BCUT2D eigenvalue weighted by atomic mass is 10.1. The largest absolute Gasteiger partial charge is 0.496 e. The summed E-state index contributed by atoms with van der Waals surface area (Å²) in [5.74, 6) is 0.897. The fourth-order valence-corrected chi connectivity index (χ4v) is 2.52. The van der Waals surface area contributed by atoms with Gasteiger partial charge in [0.25, 0.3) is 5.91 Å². The lowest BCUT2D eigenvalue weighted by Crippen LogP contribution is -2.27. The summed E-state index contributed by atoms with van der Waals surface area (Å²) < 4.78 is 5.17. The average molecular weight is 298 g/mol. The van der Waals surface area contributed by atoms with Crippen molar-refractivity contribution < 1.29 is 9.53 Å². The molecule has 1 amide bonds. The Morgan fingerprint density at radius 3 is 3.05 bits per heavy atom. The molecule has 5 nitrogen and oxygen atoms in total. The van der Waals surface area contributed by atoms with Crippen molar-refractivity contribution in [2.45, 2.75) is 12.8 Å². The second-order valence-electron chi connectivity index (χ2n) is 4.98. The van der Waals surface area contributed by atoms with E-state index in [1.807, 2.05) is 0 Å². The number of nitrogen functional groups attached to an aromatic ring is 1. The standard InChI is InChI=1S/C14H20ClN3O2/c1-20-13-7-12(16)11(15)6-10(13)14(19)18-5-3-9-2-4-17-8-9/h6-7,9,17H,2-5,8,16H2,1H3,(H,18,19). The number of carbonyl (C=O) groups excluding carboxylic acids is 1. The molecule has 0 radical (unpaired) electrons. The molecule has 20 heavy (non-hydrogen) atoms. The summed E-state index contributed by atoms with van der Waals surface area (Å²) in [5.41, 5.74) is 6.51. The van der Waals surface area contributed by atoms with Gasteiger partial charge in [0.05, 0.1) is 23.4 Å². The number of nitrogens with one attached hydrogen (secondary N) is 2. The summed E-state index contributed by atoms with van der Waals surface area (Å²) in [5, 5.41) is 6.57. The minimum atomic E-state index is -0.185. The molecule has 1 aliphatic rings. The van der Waals surface area contributed by atoms with Crippen molar-refractivity contribution in [1.82, 2.24) is 10.6 Å². The first kappa shape index (κ1) is 14.9. The van der Waals surface area contributed by atoms with Crippen LogP contribution in [0.3, 0.4) is 0 Å². The molecule has 1 heterocycles. The third-order valence-corrected chi connectivity index (χ3v) is 3.89. The zero-order chi connectivity index (χ0) is 14.5. The highest BCUT2D eigenvalue weighted by molar-refractivity contribution is 6.33. The predicted molar refractivity (Wildman–Crippen MR) is 80.3 cm³/mol. The van der Waals surface area contributed by atoms with Crippen LogP contribution in [0.5, 0.6) is 5.75 Å². The molecule has 110 valence electrons. The fourth-order valence-electron chi connectivity index (χ4n) is 2.36. The Hall–Kier alpha value is -1.46. The maximum Gasteiger partial charge on any atom is 0.255 e. The van der Waals surface area contributed by atoms with Gasteiger partial charge in [-0.25, -0.2) is 0 Å². The van der Waals surface area contributed by atoms with Crippen LogP contribution in [0.2, 0.25) is 5.02 Å². The van der Waals surface area contributed by atoms with E-state index < -0.39 is 0 Å². The highest BCUT2D eigenvalue weighted by Crippen LogP contribution is 2.28. The number of nitrogens with two attached hydrogens (primary N) is 1. The quantitative estimate of drug-likeness (QED) is 0.723. The molecule has 0 spiro atoms. The summed E-state index contributed by atoms with van der Waals surface area (Å²) in [6.45, 7) is 2.75. The SMILES string of the molecule is COc1cc(N)c(Cl)cc1C(=O)NCCC1CCNC1. The molecular formula is C14H20ClN3O2. The van der Waals surface area contributed by atoms with Gasteiger partial charge < -0.3 is 21.1 Å². The summed E-state index contributed by atoms with van der Waals surface area (Å²) in [7, 11) is 1.50. The van der Waals surface area contributed by atoms with E-state index in [0.717, 1.165) is 19.5 Å². The van der Waals surface area contributed by atoms with Crippen molar-refractivity contribution in [2.24, 2.45) is 5.92 Å². The van der Waals surface area contributed by atoms with Crippen LogP contribution in [0, 0.1) is 5.92 Å². The van der Waals surface area contributed by atoms with E-state index in [1.165, 1.54) is 13.5 Å². The van der Waals surface area contributed by atoms with Crippen LogP contribution in [-0.4, -0.2) is 32.7 Å².